The van der Waals surface area contributed by atoms with Gasteiger partial charge in [-0.25, -0.2) is 9.79 Å². The molecule has 2 saturated heterocycles. The summed E-state index contributed by atoms with van der Waals surface area (Å²) >= 11 is 0. The second-order valence-electron chi connectivity index (χ2n) is 5.22. The number of aliphatic imine (C=N–C) groups is 1. The van der Waals surface area contributed by atoms with E-state index >= 15 is 0 Å². The number of guanidine groups is 1. The molecule has 9 nitrogen and oxygen atoms in total. The van der Waals surface area contributed by atoms with E-state index in [2.05, 4.69) is 4.99 Å². The molecule has 1 atom stereocenters. The zero-order chi connectivity index (χ0) is 15.9. The Hall–Kier alpha value is -1.58. The lowest BCUT2D eigenvalue weighted by Crippen LogP contribution is -2.54. The number of hydrogen-bond donors (Lipinski definition) is 2. The number of carbonyl (C=O) groups excluding carboxylic acids is 1. The first-order chi connectivity index (χ1) is 10.6. The van der Waals surface area contributed by atoms with Crippen molar-refractivity contribution in [2.45, 2.75) is 13.2 Å². The van der Waals surface area contributed by atoms with Gasteiger partial charge in [-0.1, -0.05) is 0 Å². The summed E-state index contributed by atoms with van der Waals surface area (Å²) in [5.41, 5.74) is 12.1. The maximum atomic E-state index is 11.6. The molecule has 1 amide bonds. The van der Waals surface area contributed by atoms with Crippen molar-refractivity contribution < 1.29 is 14.3 Å². The fourth-order valence-electron chi connectivity index (χ4n) is 2.47. The molecule has 22 heavy (non-hydrogen) atoms. The summed E-state index contributed by atoms with van der Waals surface area (Å²) in [5, 5.41) is 0. The molecule has 0 radical (unpaired) electrons. The van der Waals surface area contributed by atoms with Gasteiger partial charge in [0.2, 0.25) is 0 Å². The van der Waals surface area contributed by atoms with Gasteiger partial charge >= 0.3 is 6.09 Å². The van der Waals surface area contributed by atoms with Crippen molar-refractivity contribution >= 4 is 12.1 Å². The number of amides is 1. The Bertz CT molecular complexity index is 391. The van der Waals surface area contributed by atoms with Gasteiger partial charge in [0, 0.05) is 39.3 Å². The largest absolute Gasteiger partial charge is 0.450 e. The summed E-state index contributed by atoms with van der Waals surface area (Å²) in [6.07, 6.45) is -0.727. The fourth-order valence-corrected chi connectivity index (χ4v) is 2.47. The van der Waals surface area contributed by atoms with Crippen LogP contribution in [0.25, 0.3) is 0 Å². The van der Waals surface area contributed by atoms with Gasteiger partial charge in [0.05, 0.1) is 19.8 Å². The topological polar surface area (TPSA) is 110 Å². The van der Waals surface area contributed by atoms with Gasteiger partial charge in [0.15, 0.2) is 12.2 Å². The molecule has 0 aromatic heterocycles. The van der Waals surface area contributed by atoms with E-state index in [1.54, 1.807) is 11.8 Å². The van der Waals surface area contributed by atoms with Crippen molar-refractivity contribution in [2.24, 2.45) is 16.5 Å². The monoisotopic (exact) mass is 314 g/mol. The van der Waals surface area contributed by atoms with E-state index in [0.29, 0.717) is 52.0 Å². The molecule has 1 unspecified atom stereocenters. The molecule has 0 aromatic rings. The summed E-state index contributed by atoms with van der Waals surface area (Å²) in [4.78, 5) is 21.7. The van der Waals surface area contributed by atoms with E-state index in [4.69, 9.17) is 20.9 Å². The van der Waals surface area contributed by atoms with Gasteiger partial charge < -0.3 is 25.0 Å². The molecule has 0 aliphatic carbocycles. The van der Waals surface area contributed by atoms with Crippen molar-refractivity contribution in [2.75, 3.05) is 59.1 Å². The lowest BCUT2D eigenvalue weighted by Gasteiger charge is -2.35. The second kappa shape index (κ2) is 8.16. The smallest absolute Gasteiger partial charge is 0.409 e. The van der Waals surface area contributed by atoms with E-state index < -0.39 is 6.29 Å². The quantitative estimate of drug-likeness (QED) is 0.489. The maximum Gasteiger partial charge on any atom is 0.409 e. The van der Waals surface area contributed by atoms with Crippen molar-refractivity contribution in [3.8, 4) is 0 Å². The number of nitrogens with two attached hydrogens (primary N) is 2. The highest BCUT2D eigenvalue weighted by atomic mass is 16.6. The second-order valence-corrected chi connectivity index (χ2v) is 5.22. The van der Waals surface area contributed by atoms with Gasteiger partial charge in [-0.05, 0) is 6.92 Å². The van der Waals surface area contributed by atoms with Crippen LogP contribution in [0.15, 0.2) is 4.99 Å². The average molecular weight is 314 g/mol. The summed E-state index contributed by atoms with van der Waals surface area (Å²) < 4.78 is 10.3. The van der Waals surface area contributed by atoms with Crippen molar-refractivity contribution in [1.82, 2.24) is 14.7 Å². The molecule has 0 spiro atoms. The summed E-state index contributed by atoms with van der Waals surface area (Å²) in [6.45, 7) is 7.44. The van der Waals surface area contributed by atoms with Crippen LogP contribution in [-0.2, 0) is 9.47 Å². The zero-order valence-electron chi connectivity index (χ0n) is 13.1. The Morgan fingerprint density at radius 3 is 2.36 bits per heavy atom. The number of nitrogens with zero attached hydrogens (tertiary/aromatic N) is 4. The van der Waals surface area contributed by atoms with Crippen molar-refractivity contribution in [1.29, 1.82) is 0 Å². The van der Waals surface area contributed by atoms with Crippen molar-refractivity contribution in [3.05, 3.63) is 0 Å². The third-order valence-electron chi connectivity index (χ3n) is 3.81. The molecule has 2 aliphatic rings. The highest BCUT2D eigenvalue weighted by Crippen LogP contribution is 2.05. The highest BCUT2D eigenvalue weighted by molar-refractivity contribution is 5.78. The number of rotatable bonds is 3. The molecule has 2 fully saturated rings. The third kappa shape index (κ3) is 4.46. The minimum Gasteiger partial charge on any atom is -0.450 e. The van der Waals surface area contributed by atoms with Gasteiger partial charge in [-0.2, -0.15) is 0 Å². The molecule has 0 aromatic carbocycles. The van der Waals surface area contributed by atoms with Crippen molar-refractivity contribution in [3.63, 3.8) is 0 Å². The van der Waals surface area contributed by atoms with E-state index in [0.717, 1.165) is 13.1 Å². The number of hydrogen-bond acceptors (Lipinski definition) is 6. The molecule has 126 valence electrons. The van der Waals surface area contributed by atoms with Crippen LogP contribution < -0.4 is 11.5 Å². The number of ether oxygens (including phenoxy) is 2. The summed E-state index contributed by atoms with van der Waals surface area (Å²) in [7, 11) is 0. The predicted molar refractivity (Wildman–Crippen MR) is 82.2 cm³/mol. The first-order valence-electron chi connectivity index (χ1n) is 7.69. The van der Waals surface area contributed by atoms with Crippen LogP contribution in [0.4, 0.5) is 4.79 Å². The number of morpholine rings is 1. The minimum atomic E-state index is -0.452. The summed E-state index contributed by atoms with van der Waals surface area (Å²) in [6, 6.07) is 0. The number of piperazine rings is 1. The van der Waals surface area contributed by atoms with Crippen LogP contribution in [0.2, 0.25) is 0 Å². The Labute approximate surface area is 130 Å². The molecular weight excluding hydrogens is 288 g/mol. The molecule has 0 saturated carbocycles. The van der Waals surface area contributed by atoms with Gasteiger partial charge in [0.25, 0.3) is 0 Å². The molecule has 9 heteroatoms. The Kier molecular flexibility index (Phi) is 6.22. The summed E-state index contributed by atoms with van der Waals surface area (Å²) in [5.74, 6) is 0.419. The van der Waals surface area contributed by atoms with Crippen LogP contribution in [0.5, 0.6) is 0 Å². The maximum absolute atomic E-state index is 11.6. The molecule has 2 heterocycles. The Balaban J connectivity index is 1.82. The molecular formula is C13H26N6O3. The van der Waals surface area contributed by atoms with Crippen LogP contribution in [-0.4, -0.2) is 92.1 Å². The van der Waals surface area contributed by atoms with Gasteiger partial charge in [-0.15, -0.1) is 0 Å². The first-order valence-corrected chi connectivity index (χ1v) is 7.69. The molecule has 0 bridgehead atoms. The predicted octanol–water partition coefficient (Wildman–Crippen LogP) is -1.35. The third-order valence-corrected chi connectivity index (χ3v) is 3.81. The van der Waals surface area contributed by atoms with Crippen LogP contribution in [0.1, 0.15) is 6.92 Å². The van der Waals surface area contributed by atoms with E-state index in [1.807, 2.05) is 9.80 Å². The van der Waals surface area contributed by atoms with E-state index in [1.165, 1.54) is 0 Å². The lowest BCUT2D eigenvalue weighted by atomic mass is 10.3. The SMILES string of the molecule is CCOC(=O)N1CCN(/C(N)=N/C(N)N2CCOCC2)CC1. The molecule has 4 N–H and O–H groups in total. The molecule has 2 aliphatic heterocycles. The Morgan fingerprint density at radius 1 is 1.18 bits per heavy atom. The van der Waals surface area contributed by atoms with E-state index in [-0.39, 0.29) is 6.09 Å². The zero-order valence-corrected chi connectivity index (χ0v) is 13.1. The first kappa shape index (κ1) is 16.8. The van der Waals surface area contributed by atoms with Crippen LogP contribution in [0, 0.1) is 0 Å². The normalized spacial score (nSPS) is 22.5. The standard InChI is InChI=1S/C13H26N6O3/c1-2-22-13(20)19-5-3-17(4-6-19)11(14)16-12(15)18-7-9-21-10-8-18/h12H,2-10,15H2,1H3,(H2,14,16). The van der Waals surface area contributed by atoms with Crippen LogP contribution in [0.3, 0.4) is 0 Å². The average Bonchev–Trinajstić information content (AvgIpc) is 2.56. The van der Waals surface area contributed by atoms with Gasteiger partial charge in [-0.3, -0.25) is 10.6 Å². The highest BCUT2D eigenvalue weighted by Gasteiger charge is 2.24. The Morgan fingerprint density at radius 2 is 1.77 bits per heavy atom. The lowest BCUT2D eigenvalue weighted by molar-refractivity contribution is 0.0192. The minimum absolute atomic E-state index is 0.275. The fraction of sp³-hybridized carbons (Fsp3) is 0.846. The van der Waals surface area contributed by atoms with Crippen LogP contribution >= 0.6 is 0 Å². The van der Waals surface area contributed by atoms with E-state index in [9.17, 15) is 4.79 Å². The number of carbonyl (C=O) groups is 1. The molecule has 2 rings (SSSR count). The van der Waals surface area contributed by atoms with Gasteiger partial charge in [0.1, 0.15) is 0 Å².